The van der Waals surface area contributed by atoms with Crippen LogP contribution in [0.2, 0.25) is 0 Å². The molecule has 0 bridgehead atoms. The summed E-state index contributed by atoms with van der Waals surface area (Å²) in [6.45, 7) is 0. The lowest BCUT2D eigenvalue weighted by Crippen LogP contribution is -2.69. The van der Waals surface area contributed by atoms with E-state index < -0.39 is 62.3 Å². The highest BCUT2D eigenvalue weighted by Crippen LogP contribution is 2.60. The van der Waals surface area contributed by atoms with Crippen LogP contribution in [0, 0.1) is 0 Å². The van der Waals surface area contributed by atoms with Crippen LogP contribution in [0.4, 0.5) is 0 Å². The molecule has 1 saturated heterocycles. The number of aliphatic hydroxyl groups excluding tert-OH is 1. The Balaban J connectivity index is 1.58. The van der Waals surface area contributed by atoms with E-state index in [4.69, 9.17) is 8.92 Å². The number of halogens is 1. The smallest absolute Gasteiger partial charge is 0.330 e. The molecule has 0 spiro atoms. The number of nitrogens with zero attached hydrogens (tertiary/aromatic N) is 1. The standard InChI is InChI=1S/C50H43IN2O8S/c1-62(58,59)61-44-46(53-34-35(32-33-51)45(55)52-47(53)56)60-43(42(54)48(36-20-8-2-9-21-36,37-22-10-3-11-23-37)38-24-12-4-13-25-38)50(44,57)49(39-26-14-5-15-27-39,40-28-16-6-17-29-40)41-30-18-7-19-31-41/h2-34,42-44,46,54,57H,1H3,(H,52,55,56)/t42?,43-,44+,46-,50-/m1/s1. The fourth-order valence-electron chi connectivity index (χ4n) is 9.44. The number of benzene rings is 6. The number of aliphatic hydroxyl groups is 2. The average Bonchev–Trinajstić information content (AvgIpc) is 3.57. The van der Waals surface area contributed by atoms with E-state index >= 15 is 0 Å². The number of hydrogen-bond donors (Lipinski definition) is 3. The fraction of sp³-hybridized carbons (Fsp3) is 0.160. The molecular formula is C50H43IN2O8S. The van der Waals surface area contributed by atoms with Gasteiger partial charge in [0, 0.05) is 6.20 Å². The summed E-state index contributed by atoms with van der Waals surface area (Å²) >= 11 is 1.94. The van der Waals surface area contributed by atoms with Crippen molar-refractivity contribution in [3.8, 4) is 0 Å². The van der Waals surface area contributed by atoms with E-state index in [0.29, 0.717) is 33.4 Å². The lowest BCUT2D eigenvalue weighted by Gasteiger charge is -2.53. The van der Waals surface area contributed by atoms with Crippen molar-refractivity contribution in [3.05, 3.63) is 252 Å². The molecular weight excluding hydrogens is 916 g/mol. The zero-order valence-corrected chi connectivity index (χ0v) is 36.4. The summed E-state index contributed by atoms with van der Waals surface area (Å²) in [5, 5.41) is 28.9. The molecule has 62 heavy (non-hydrogen) atoms. The minimum atomic E-state index is -4.53. The van der Waals surface area contributed by atoms with Crippen LogP contribution in [0.3, 0.4) is 0 Å². The van der Waals surface area contributed by atoms with Crippen LogP contribution in [-0.2, 0) is 29.9 Å². The quantitative estimate of drug-likeness (QED) is 0.0618. The van der Waals surface area contributed by atoms with Crippen molar-refractivity contribution >= 4 is 38.8 Å². The van der Waals surface area contributed by atoms with Crippen LogP contribution in [0.15, 0.2) is 202 Å². The van der Waals surface area contributed by atoms with Gasteiger partial charge in [-0.25, -0.2) is 4.79 Å². The third-order valence-corrected chi connectivity index (χ3v) is 12.8. The predicted octanol–water partition coefficient (Wildman–Crippen LogP) is 7.35. The Morgan fingerprint density at radius 2 is 1.06 bits per heavy atom. The predicted molar refractivity (Wildman–Crippen MR) is 247 cm³/mol. The lowest BCUT2D eigenvalue weighted by atomic mass is 9.53. The Labute approximate surface area is 373 Å². The van der Waals surface area contributed by atoms with Crippen LogP contribution in [0.5, 0.6) is 0 Å². The van der Waals surface area contributed by atoms with Gasteiger partial charge in [0.15, 0.2) is 12.3 Å². The molecule has 1 aromatic heterocycles. The van der Waals surface area contributed by atoms with Crippen molar-refractivity contribution in [2.24, 2.45) is 0 Å². The third-order valence-electron chi connectivity index (χ3n) is 11.8. The summed E-state index contributed by atoms with van der Waals surface area (Å²) in [6.07, 6.45) is -3.81. The van der Waals surface area contributed by atoms with Gasteiger partial charge >= 0.3 is 5.69 Å². The number of rotatable bonds is 13. The van der Waals surface area contributed by atoms with Gasteiger partial charge in [0.1, 0.15) is 17.8 Å². The van der Waals surface area contributed by atoms with Crippen molar-refractivity contribution in [1.29, 1.82) is 0 Å². The monoisotopic (exact) mass is 958 g/mol. The molecule has 3 N–H and O–H groups in total. The zero-order valence-electron chi connectivity index (χ0n) is 33.4. The van der Waals surface area contributed by atoms with Gasteiger partial charge in [-0.1, -0.05) is 205 Å². The molecule has 0 aliphatic carbocycles. The van der Waals surface area contributed by atoms with Crippen LogP contribution in [0.25, 0.3) is 6.08 Å². The second-order valence-corrected chi connectivity index (χ2v) is 17.6. The molecule has 2 heterocycles. The highest BCUT2D eigenvalue weighted by atomic mass is 127. The molecule has 314 valence electrons. The summed E-state index contributed by atoms with van der Waals surface area (Å²) in [7, 11) is -4.53. The number of aromatic nitrogens is 2. The minimum absolute atomic E-state index is 0.0425. The van der Waals surface area contributed by atoms with Gasteiger partial charge < -0.3 is 14.9 Å². The molecule has 10 nitrogen and oxygen atoms in total. The van der Waals surface area contributed by atoms with Gasteiger partial charge in [-0.15, -0.1) is 0 Å². The van der Waals surface area contributed by atoms with Crippen molar-refractivity contribution in [2.75, 3.05) is 6.26 Å². The average molecular weight is 959 g/mol. The van der Waals surface area contributed by atoms with Gasteiger partial charge in [0.25, 0.3) is 15.7 Å². The normalized spacial score (nSPS) is 20.0. The van der Waals surface area contributed by atoms with Gasteiger partial charge in [0.05, 0.1) is 22.6 Å². The maximum atomic E-state index is 14.9. The Bertz CT molecular complexity index is 2690. The van der Waals surface area contributed by atoms with Gasteiger partial charge in [-0.3, -0.25) is 18.5 Å². The van der Waals surface area contributed by atoms with E-state index in [-0.39, 0.29) is 5.56 Å². The Morgan fingerprint density at radius 3 is 1.42 bits per heavy atom. The molecule has 1 unspecified atom stereocenters. The third kappa shape index (κ3) is 7.29. The van der Waals surface area contributed by atoms with Crippen LogP contribution >= 0.6 is 22.6 Å². The first-order valence-corrected chi connectivity index (χ1v) is 22.9. The number of H-pyrrole nitrogens is 1. The molecule has 5 atom stereocenters. The number of ether oxygens (including phenoxy) is 1. The molecule has 0 saturated carbocycles. The summed E-state index contributed by atoms with van der Waals surface area (Å²) in [5.41, 5.74) is -4.30. The highest BCUT2D eigenvalue weighted by Gasteiger charge is 2.73. The number of hydrogen-bond acceptors (Lipinski definition) is 8. The molecule has 6 aromatic carbocycles. The van der Waals surface area contributed by atoms with E-state index in [1.54, 1.807) is 4.08 Å². The van der Waals surface area contributed by atoms with Crippen LogP contribution < -0.4 is 11.2 Å². The van der Waals surface area contributed by atoms with Crippen molar-refractivity contribution < 1.29 is 27.6 Å². The largest absolute Gasteiger partial charge is 0.389 e. The number of nitrogens with one attached hydrogen (secondary N) is 1. The van der Waals surface area contributed by atoms with Crippen LogP contribution in [0.1, 0.15) is 45.2 Å². The first-order valence-electron chi connectivity index (χ1n) is 19.9. The first-order chi connectivity index (χ1) is 30.0. The second kappa shape index (κ2) is 17.6. The van der Waals surface area contributed by atoms with E-state index in [9.17, 15) is 28.2 Å². The molecule has 7 aromatic rings. The molecule has 0 radical (unpaired) electrons. The SMILES string of the molecule is CS(=O)(=O)O[C@H]1[C@H](n2cc(C=CI)c(=O)[nH]c2=O)O[C@H](C(O)C(c2ccccc2)(c2ccccc2)c2ccccc2)[C@]1(O)C(c1ccccc1)(c1ccccc1)c1ccccc1. The molecule has 0 amide bonds. The molecule has 1 aliphatic heterocycles. The van der Waals surface area contributed by atoms with Crippen molar-refractivity contribution in [2.45, 2.75) is 41.0 Å². The van der Waals surface area contributed by atoms with Crippen molar-refractivity contribution in [3.63, 3.8) is 0 Å². The summed E-state index contributed by atoms with van der Waals surface area (Å²) in [4.78, 5) is 29.6. The Morgan fingerprint density at radius 1 is 0.694 bits per heavy atom. The molecule has 12 heteroatoms. The fourth-order valence-corrected chi connectivity index (χ4v) is 10.4. The highest BCUT2D eigenvalue weighted by molar-refractivity contribution is 14.1. The molecule has 1 aliphatic rings. The van der Waals surface area contributed by atoms with Crippen LogP contribution in [-0.4, -0.2) is 58.4 Å². The van der Waals surface area contributed by atoms with E-state index in [1.807, 2.05) is 205 Å². The zero-order chi connectivity index (χ0) is 43.5. The number of aromatic amines is 1. The maximum absolute atomic E-state index is 14.9. The van der Waals surface area contributed by atoms with E-state index in [2.05, 4.69) is 4.98 Å². The first kappa shape index (κ1) is 42.9. The summed E-state index contributed by atoms with van der Waals surface area (Å²) < 4.78 is 43.5. The minimum Gasteiger partial charge on any atom is -0.389 e. The topological polar surface area (TPSA) is 148 Å². The molecule has 1 fully saturated rings. The molecule has 8 rings (SSSR count). The maximum Gasteiger partial charge on any atom is 0.330 e. The summed E-state index contributed by atoms with van der Waals surface area (Å²) in [5.74, 6) is 0. The Kier molecular flexibility index (Phi) is 12.2. The Hall–Kier alpha value is -5.74. The van der Waals surface area contributed by atoms with E-state index in [1.165, 1.54) is 12.3 Å². The second-order valence-electron chi connectivity index (χ2n) is 15.2. The lowest BCUT2D eigenvalue weighted by molar-refractivity contribution is -0.151. The summed E-state index contributed by atoms with van der Waals surface area (Å²) in [6, 6.07) is 55.2. The van der Waals surface area contributed by atoms with Gasteiger partial charge in [-0.2, -0.15) is 8.42 Å². The van der Waals surface area contributed by atoms with Crippen molar-refractivity contribution in [1.82, 2.24) is 9.55 Å². The van der Waals surface area contributed by atoms with Gasteiger partial charge in [0.2, 0.25) is 0 Å². The van der Waals surface area contributed by atoms with Gasteiger partial charge in [-0.05, 0) is 43.5 Å². The van der Waals surface area contributed by atoms with E-state index in [0.717, 1.165) is 10.8 Å².